The number of nitrogens with two attached hydrogens (primary N) is 1. The van der Waals surface area contributed by atoms with E-state index in [0.717, 1.165) is 19.3 Å². The van der Waals surface area contributed by atoms with Crippen LogP contribution < -0.4 is 10.5 Å². The molecule has 1 heterocycles. The number of likely N-dealkylation sites (tertiary alicyclic amines) is 1. The van der Waals surface area contributed by atoms with Crippen LogP contribution in [-0.4, -0.2) is 36.0 Å². The molecule has 0 aromatic heterocycles. The van der Waals surface area contributed by atoms with Crippen LogP contribution >= 0.6 is 12.4 Å². The number of rotatable bonds is 5. The average molecular weight is 345 g/mol. The Hall–Kier alpha value is -1.33. The molecule has 2 atom stereocenters. The highest BCUT2D eigenvalue weighted by molar-refractivity contribution is 5.85. The molecule has 2 N–H and O–H groups in total. The Morgan fingerprint density at radius 2 is 1.91 bits per heavy atom. The normalized spacial score (nSPS) is 18.0. The van der Waals surface area contributed by atoms with Gasteiger partial charge in [0.15, 0.2) is 0 Å². The van der Waals surface area contributed by atoms with Crippen molar-refractivity contribution < 1.29 is 13.9 Å². The Kier molecular flexibility index (Phi) is 7.79. The van der Waals surface area contributed by atoms with E-state index >= 15 is 0 Å². The lowest BCUT2D eigenvalue weighted by Gasteiger charge is -2.34. The number of carbonyl (C=O) groups excluding carboxylic acids is 1. The van der Waals surface area contributed by atoms with Crippen LogP contribution in [0.2, 0.25) is 0 Å². The minimum atomic E-state index is -0.417. The number of benzene rings is 1. The predicted octanol–water partition coefficient (Wildman–Crippen LogP) is 2.99. The SMILES string of the molecule is CCC(C)C(N)C(=O)N1CCC(Oc2ccc(F)cc2)CC1.Cl. The zero-order valence-electron chi connectivity index (χ0n) is 13.7. The molecule has 0 saturated carbocycles. The van der Waals surface area contributed by atoms with E-state index in [-0.39, 0.29) is 36.2 Å². The van der Waals surface area contributed by atoms with Gasteiger partial charge in [-0.05, 0) is 30.2 Å². The van der Waals surface area contributed by atoms with Gasteiger partial charge in [0, 0.05) is 25.9 Å². The Labute approximate surface area is 143 Å². The fraction of sp³-hybridized carbons (Fsp3) is 0.588. The Bertz CT molecular complexity index is 490. The van der Waals surface area contributed by atoms with Gasteiger partial charge in [-0.2, -0.15) is 0 Å². The average Bonchev–Trinajstić information content (AvgIpc) is 2.55. The summed E-state index contributed by atoms with van der Waals surface area (Å²) in [5.74, 6) is 0.629. The molecule has 23 heavy (non-hydrogen) atoms. The summed E-state index contributed by atoms with van der Waals surface area (Å²) in [5.41, 5.74) is 6.02. The van der Waals surface area contributed by atoms with E-state index in [1.807, 2.05) is 18.7 Å². The summed E-state index contributed by atoms with van der Waals surface area (Å²) < 4.78 is 18.7. The zero-order chi connectivity index (χ0) is 16.1. The molecular formula is C17H26ClFN2O2. The van der Waals surface area contributed by atoms with Gasteiger partial charge in [0.25, 0.3) is 0 Å². The highest BCUT2D eigenvalue weighted by Crippen LogP contribution is 2.20. The van der Waals surface area contributed by atoms with E-state index in [4.69, 9.17) is 10.5 Å². The first-order chi connectivity index (χ1) is 10.5. The molecule has 1 amide bonds. The van der Waals surface area contributed by atoms with Gasteiger partial charge in [-0.3, -0.25) is 4.79 Å². The number of halogens is 2. The molecule has 1 aliphatic heterocycles. The van der Waals surface area contributed by atoms with Crippen molar-refractivity contribution in [3.63, 3.8) is 0 Å². The summed E-state index contributed by atoms with van der Waals surface area (Å²) in [6.45, 7) is 5.37. The summed E-state index contributed by atoms with van der Waals surface area (Å²) in [5, 5.41) is 0. The largest absolute Gasteiger partial charge is 0.490 e. The number of nitrogens with zero attached hydrogens (tertiary/aromatic N) is 1. The van der Waals surface area contributed by atoms with Crippen LogP contribution in [0.15, 0.2) is 24.3 Å². The number of amides is 1. The lowest BCUT2D eigenvalue weighted by atomic mass is 9.97. The quantitative estimate of drug-likeness (QED) is 0.893. The van der Waals surface area contributed by atoms with Gasteiger partial charge in [-0.1, -0.05) is 20.3 Å². The van der Waals surface area contributed by atoms with Crippen LogP contribution in [0, 0.1) is 11.7 Å². The number of hydrogen-bond acceptors (Lipinski definition) is 3. The first-order valence-corrected chi connectivity index (χ1v) is 7.97. The first-order valence-electron chi connectivity index (χ1n) is 7.97. The second-order valence-corrected chi connectivity index (χ2v) is 6.01. The van der Waals surface area contributed by atoms with Gasteiger partial charge in [-0.25, -0.2) is 4.39 Å². The summed E-state index contributed by atoms with van der Waals surface area (Å²) in [6.07, 6.45) is 2.51. The fourth-order valence-corrected chi connectivity index (χ4v) is 2.61. The standard InChI is InChI=1S/C17H25FN2O2.ClH/c1-3-12(2)16(19)17(21)20-10-8-15(9-11-20)22-14-6-4-13(18)5-7-14;/h4-7,12,15-16H,3,8-11,19H2,1-2H3;1H. The summed E-state index contributed by atoms with van der Waals surface area (Å²) in [7, 11) is 0. The van der Waals surface area contributed by atoms with Gasteiger partial charge in [-0.15, -0.1) is 12.4 Å². The highest BCUT2D eigenvalue weighted by Gasteiger charge is 2.29. The van der Waals surface area contributed by atoms with Crippen molar-refractivity contribution in [3.05, 3.63) is 30.1 Å². The molecule has 4 nitrogen and oxygen atoms in total. The third-order valence-corrected chi connectivity index (χ3v) is 4.41. The van der Waals surface area contributed by atoms with Gasteiger partial charge >= 0.3 is 0 Å². The predicted molar refractivity (Wildman–Crippen MR) is 91.3 cm³/mol. The van der Waals surface area contributed by atoms with E-state index < -0.39 is 6.04 Å². The lowest BCUT2D eigenvalue weighted by molar-refractivity contribution is -0.135. The Morgan fingerprint density at radius 3 is 2.43 bits per heavy atom. The third kappa shape index (κ3) is 5.36. The maximum Gasteiger partial charge on any atom is 0.239 e. The highest BCUT2D eigenvalue weighted by atomic mass is 35.5. The maximum atomic E-state index is 12.9. The summed E-state index contributed by atoms with van der Waals surface area (Å²) in [6, 6.07) is 5.62. The van der Waals surface area contributed by atoms with Crippen LogP contribution in [0.1, 0.15) is 33.1 Å². The molecule has 1 aromatic rings. The third-order valence-electron chi connectivity index (χ3n) is 4.41. The topological polar surface area (TPSA) is 55.6 Å². The van der Waals surface area contributed by atoms with Crippen molar-refractivity contribution in [1.82, 2.24) is 4.90 Å². The summed E-state index contributed by atoms with van der Waals surface area (Å²) in [4.78, 5) is 14.2. The fourth-order valence-electron chi connectivity index (χ4n) is 2.61. The second-order valence-electron chi connectivity index (χ2n) is 6.01. The van der Waals surface area contributed by atoms with Crippen molar-refractivity contribution in [2.45, 2.75) is 45.3 Å². The molecule has 0 bridgehead atoms. The minimum Gasteiger partial charge on any atom is -0.490 e. The van der Waals surface area contributed by atoms with Crippen LogP contribution in [0.4, 0.5) is 4.39 Å². The smallest absolute Gasteiger partial charge is 0.239 e. The monoisotopic (exact) mass is 344 g/mol. The first kappa shape index (κ1) is 19.7. The molecule has 0 radical (unpaired) electrons. The minimum absolute atomic E-state index is 0. The maximum absolute atomic E-state index is 12.9. The van der Waals surface area contributed by atoms with Crippen molar-refractivity contribution in [3.8, 4) is 5.75 Å². The number of carbonyl (C=O) groups is 1. The molecule has 6 heteroatoms. The molecule has 0 aliphatic carbocycles. The van der Waals surface area contributed by atoms with E-state index in [1.165, 1.54) is 12.1 Å². The van der Waals surface area contributed by atoms with Crippen molar-refractivity contribution >= 4 is 18.3 Å². The summed E-state index contributed by atoms with van der Waals surface area (Å²) >= 11 is 0. The van der Waals surface area contributed by atoms with E-state index in [2.05, 4.69) is 0 Å². The van der Waals surface area contributed by atoms with Crippen LogP contribution in [0.3, 0.4) is 0 Å². The van der Waals surface area contributed by atoms with E-state index in [9.17, 15) is 9.18 Å². The number of hydrogen-bond donors (Lipinski definition) is 1. The molecule has 130 valence electrons. The second kappa shape index (κ2) is 9.08. The van der Waals surface area contributed by atoms with Crippen LogP contribution in [0.25, 0.3) is 0 Å². The van der Waals surface area contributed by atoms with Gasteiger partial charge in [0.1, 0.15) is 17.7 Å². The molecule has 2 rings (SSSR count). The van der Waals surface area contributed by atoms with E-state index in [1.54, 1.807) is 12.1 Å². The molecule has 1 fully saturated rings. The Balaban J connectivity index is 0.00000264. The van der Waals surface area contributed by atoms with Crippen molar-refractivity contribution in [2.24, 2.45) is 11.7 Å². The van der Waals surface area contributed by atoms with Gasteiger partial charge in [0.2, 0.25) is 5.91 Å². The molecule has 1 saturated heterocycles. The Morgan fingerprint density at radius 1 is 1.35 bits per heavy atom. The van der Waals surface area contributed by atoms with Crippen LogP contribution in [0.5, 0.6) is 5.75 Å². The van der Waals surface area contributed by atoms with Crippen molar-refractivity contribution in [2.75, 3.05) is 13.1 Å². The number of ether oxygens (including phenoxy) is 1. The van der Waals surface area contributed by atoms with Gasteiger partial charge in [0.05, 0.1) is 6.04 Å². The van der Waals surface area contributed by atoms with E-state index in [0.29, 0.717) is 18.8 Å². The number of piperidine rings is 1. The van der Waals surface area contributed by atoms with Gasteiger partial charge < -0.3 is 15.4 Å². The van der Waals surface area contributed by atoms with Crippen molar-refractivity contribution in [1.29, 1.82) is 0 Å². The molecular weight excluding hydrogens is 319 g/mol. The lowest BCUT2D eigenvalue weighted by Crippen LogP contribution is -2.50. The zero-order valence-corrected chi connectivity index (χ0v) is 14.5. The molecule has 2 unspecified atom stereocenters. The van der Waals surface area contributed by atoms with Crippen LogP contribution in [-0.2, 0) is 4.79 Å². The molecule has 1 aromatic carbocycles. The molecule has 0 spiro atoms. The molecule has 1 aliphatic rings.